The van der Waals surface area contributed by atoms with Crippen LogP contribution in [0.2, 0.25) is 0 Å². The van der Waals surface area contributed by atoms with E-state index in [1.807, 2.05) is 19.6 Å². The molecular formula is C17H40N5O7P3. The van der Waals surface area contributed by atoms with Gasteiger partial charge in [0.1, 0.15) is 0 Å². The molecule has 4 N–H and O–H groups in total. The van der Waals surface area contributed by atoms with Crippen LogP contribution in [0.15, 0.2) is 0 Å². The minimum atomic E-state index is -3.34. The van der Waals surface area contributed by atoms with Crippen LogP contribution in [-0.2, 0) is 18.5 Å². The quantitative estimate of drug-likeness (QED) is 0.308. The van der Waals surface area contributed by atoms with Crippen LogP contribution in [-0.4, -0.2) is 145 Å². The molecule has 1 fully saturated rings. The van der Waals surface area contributed by atoms with E-state index in [2.05, 4.69) is 5.32 Å². The third-order valence-electron chi connectivity index (χ3n) is 4.96. The summed E-state index contributed by atoms with van der Waals surface area (Å²) in [6.45, 7) is 7.51. The lowest BCUT2D eigenvalue weighted by Gasteiger charge is -2.34. The molecule has 0 aliphatic carbocycles. The van der Waals surface area contributed by atoms with Gasteiger partial charge in [-0.2, -0.15) is 0 Å². The second-order valence-corrected chi connectivity index (χ2v) is 16.0. The molecule has 15 heteroatoms. The Balaban J connectivity index is 3.07. The van der Waals surface area contributed by atoms with Crippen LogP contribution >= 0.6 is 22.1 Å². The fourth-order valence-electron chi connectivity index (χ4n) is 3.56. The van der Waals surface area contributed by atoms with Gasteiger partial charge in [0.05, 0.1) is 25.4 Å². The van der Waals surface area contributed by atoms with E-state index < -0.39 is 22.1 Å². The molecule has 0 aromatic carbocycles. The zero-order chi connectivity index (χ0) is 24.6. The highest BCUT2D eigenvalue weighted by Gasteiger charge is 2.25. The first-order valence-electron chi connectivity index (χ1n) is 10.5. The van der Waals surface area contributed by atoms with Gasteiger partial charge in [0.2, 0.25) is 28.0 Å². The molecule has 190 valence electrons. The summed E-state index contributed by atoms with van der Waals surface area (Å²) in [6.07, 6.45) is -0.0380. The molecule has 0 aromatic rings. The van der Waals surface area contributed by atoms with E-state index in [0.29, 0.717) is 52.4 Å². The first-order chi connectivity index (χ1) is 14.6. The molecule has 1 aliphatic heterocycles. The Labute approximate surface area is 191 Å². The largest absolute Gasteiger partial charge is 0.358 e. The maximum atomic E-state index is 12.0. The average Bonchev–Trinajstić information content (AvgIpc) is 2.60. The summed E-state index contributed by atoms with van der Waals surface area (Å²) >= 11 is 0. The number of amides is 1. The number of nitrogens with zero attached hydrogens (tertiary/aromatic N) is 4. The molecular weight excluding hydrogens is 479 g/mol. The van der Waals surface area contributed by atoms with Crippen LogP contribution in [0.4, 0.5) is 0 Å². The van der Waals surface area contributed by atoms with Gasteiger partial charge in [-0.05, 0) is 0 Å². The predicted octanol–water partition coefficient (Wildman–Crippen LogP) is -0.473. The lowest BCUT2D eigenvalue weighted by molar-refractivity contribution is -0.121. The van der Waals surface area contributed by atoms with Gasteiger partial charge in [0.25, 0.3) is 0 Å². The van der Waals surface area contributed by atoms with Crippen LogP contribution < -0.4 is 5.32 Å². The van der Waals surface area contributed by atoms with Crippen molar-refractivity contribution in [2.45, 2.75) is 0 Å². The molecule has 0 aromatic heterocycles. The van der Waals surface area contributed by atoms with Crippen molar-refractivity contribution >= 4 is 28.0 Å². The van der Waals surface area contributed by atoms with Crippen LogP contribution in [0.3, 0.4) is 0 Å². The SMILES string of the molecule is CNC(=O)CN1CCN(CP(C)(=O)O)CCN(CP(C)(=O)O)CCN(CP(C)(=O)O)CC1. The maximum Gasteiger partial charge on any atom is 0.233 e. The third-order valence-corrected chi connectivity index (χ3v) is 7.74. The zero-order valence-electron chi connectivity index (χ0n) is 19.6. The highest BCUT2D eigenvalue weighted by molar-refractivity contribution is 7.57. The highest BCUT2D eigenvalue weighted by atomic mass is 31.2. The molecule has 0 radical (unpaired) electrons. The van der Waals surface area contributed by atoms with Gasteiger partial charge in [-0.15, -0.1) is 0 Å². The van der Waals surface area contributed by atoms with Crippen molar-refractivity contribution in [3.63, 3.8) is 0 Å². The van der Waals surface area contributed by atoms with E-state index in [1.54, 1.807) is 7.05 Å². The van der Waals surface area contributed by atoms with Crippen molar-refractivity contribution < 1.29 is 33.2 Å². The molecule has 3 unspecified atom stereocenters. The molecule has 1 aliphatic rings. The number of carbonyl (C=O) groups is 1. The first kappa shape index (κ1) is 29.9. The van der Waals surface area contributed by atoms with Gasteiger partial charge in [0.15, 0.2) is 0 Å². The average molecular weight is 519 g/mol. The van der Waals surface area contributed by atoms with Crippen molar-refractivity contribution in [2.75, 3.05) is 105 Å². The minimum absolute atomic E-state index is 0.00673. The third kappa shape index (κ3) is 14.9. The summed E-state index contributed by atoms with van der Waals surface area (Å²) in [4.78, 5) is 49.0. The molecule has 0 bridgehead atoms. The Morgan fingerprint density at radius 1 is 0.656 bits per heavy atom. The van der Waals surface area contributed by atoms with E-state index in [9.17, 15) is 33.2 Å². The number of hydrogen-bond acceptors (Lipinski definition) is 8. The Morgan fingerprint density at radius 2 is 0.906 bits per heavy atom. The Kier molecular flexibility index (Phi) is 12.2. The van der Waals surface area contributed by atoms with Crippen LogP contribution in [0.1, 0.15) is 0 Å². The summed E-state index contributed by atoms with van der Waals surface area (Å²) in [5, 5.41) is 2.59. The number of nitrogens with one attached hydrogen (secondary N) is 1. The van der Waals surface area contributed by atoms with Gasteiger partial charge in [0, 0.05) is 79.4 Å². The standard InChI is InChI=1S/C17H40N5O7P3/c1-18-17(23)13-19-5-7-20(14-30(2,24)25)9-11-22(16-32(4,28)29)12-10-21(8-6-19)15-31(3,26)27/h5-16H2,1-4H3,(H,18,23)(H,24,25)(H,26,27)(H,28,29). The fraction of sp³-hybridized carbons (Fsp3) is 0.941. The van der Waals surface area contributed by atoms with E-state index in [1.165, 1.54) is 20.0 Å². The van der Waals surface area contributed by atoms with Crippen molar-refractivity contribution in [3.8, 4) is 0 Å². The van der Waals surface area contributed by atoms with Gasteiger partial charge >= 0.3 is 0 Å². The maximum absolute atomic E-state index is 12.0. The van der Waals surface area contributed by atoms with Gasteiger partial charge in [-0.25, -0.2) is 0 Å². The minimum Gasteiger partial charge on any atom is -0.358 e. The van der Waals surface area contributed by atoms with E-state index in [-0.39, 0.29) is 31.3 Å². The molecule has 0 spiro atoms. The smallest absolute Gasteiger partial charge is 0.233 e. The lowest BCUT2D eigenvalue weighted by atomic mass is 10.3. The Hall–Kier alpha value is -0.120. The second kappa shape index (κ2) is 13.1. The molecule has 1 heterocycles. The summed E-state index contributed by atoms with van der Waals surface area (Å²) in [6, 6.07) is 0. The molecule has 1 rings (SSSR count). The molecule has 12 nitrogen and oxygen atoms in total. The number of rotatable bonds is 8. The summed E-state index contributed by atoms with van der Waals surface area (Å²) in [5.41, 5.74) is 0. The summed E-state index contributed by atoms with van der Waals surface area (Å²) in [7, 11) is -8.42. The summed E-state index contributed by atoms with van der Waals surface area (Å²) in [5.74, 6) is -0.158. The van der Waals surface area contributed by atoms with Crippen molar-refractivity contribution in [3.05, 3.63) is 0 Å². The molecule has 32 heavy (non-hydrogen) atoms. The van der Waals surface area contributed by atoms with Crippen molar-refractivity contribution in [1.82, 2.24) is 24.9 Å². The Bertz CT molecular complexity index is 698. The predicted molar refractivity (Wildman–Crippen MR) is 127 cm³/mol. The first-order valence-corrected chi connectivity index (χ1v) is 17.4. The molecule has 1 saturated heterocycles. The van der Waals surface area contributed by atoms with Crippen molar-refractivity contribution in [1.29, 1.82) is 0 Å². The van der Waals surface area contributed by atoms with Crippen molar-refractivity contribution in [2.24, 2.45) is 0 Å². The topological polar surface area (TPSA) is 154 Å². The van der Waals surface area contributed by atoms with E-state index in [0.717, 1.165) is 0 Å². The van der Waals surface area contributed by atoms with Crippen LogP contribution in [0, 0.1) is 0 Å². The second-order valence-electron chi connectivity index (χ2n) is 8.88. The van der Waals surface area contributed by atoms with Gasteiger partial charge in [-0.3, -0.25) is 38.1 Å². The fourth-order valence-corrected chi connectivity index (χ4v) is 6.63. The monoisotopic (exact) mass is 519 g/mol. The number of hydrogen-bond donors (Lipinski definition) is 4. The highest BCUT2D eigenvalue weighted by Crippen LogP contribution is 2.38. The molecule has 3 atom stereocenters. The van der Waals surface area contributed by atoms with Gasteiger partial charge in [-0.1, -0.05) is 0 Å². The molecule has 0 saturated carbocycles. The van der Waals surface area contributed by atoms with Gasteiger partial charge < -0.3 is 20.0 Å². The number of carbonyl (C=O) groups excluding carboxylic acids is 1. The summed E-state index contributed by atoms with van der Waals surface area (Å²) < 4.78 is 36.1. The van der Waals surface area contributed by atoms with E-state index in [4.69, 9.17) is 0 Å². The normalized spacial score (nSPS) is 25.0. The van der Waals surface area contributed by atoms with Crippen LogP contribution in [0.5, 0.6) is 0 Å². The molecule has 1 amide bonds. The van der Waals surface area contributed by atoms with E-state index >= 15 is 0 Å². The zero-order valence-corrected chi connectivity index (χ0v) is 22.3. The Morgan fingerprint density at radius 3 is 1.12 bits per heavy atom. The lowest BCUT2D eigenvalue weighted by Crippen LogP contribution is -2.48. The number of likely N-dealkylation sites (N-methyl/N-ethyl adjacent to an activating group) is 1. The van der Waals surface area contributed by atoms with Crippen LogP contribution in [0.25, 0.3) is 0 Å².